The lowest BCUT2D eigenvalue weighted by Crippen LogP contribution is -2.23. The van der Waals surface area contributed by atoms with Crippen molar-refractivity contribution >= 4 is 11.7 Å². The van der Waals surface area contributed by atoms with Crippen molar-refractivity contribution in [2.45, 2.75) is 26.3 Å². The zero-order valence-corrected chi connectivity index (χ0v) is 12.6. The molecule has 0 aliphatic carbocycles. The molecule has 1 aromatic heterocycles. The van der Waals surface area contributed by atoms with Crippen LogP contribution in [0.1, 0.15) is 31.9 Å². The maximum absolute atomic E-state index is 12.0. The molecule has 1 unspecified atom stereocenters. The van der Waals surface area contributed by atoms with Crippen LogP contribution in [0.2, 0.25) is 0 Å². The van der Waals surface area contributed by atoms with Gasteiger partial charge in [0.1, 0.15) is 17.6 Å². The second-order valence-corrected chi connectivity index (χ2v) is 4.86. The van der Waals surface area contributed by atoms with Gasteiger partial charge in [-0.05, 0) is 25.5 Å². The highest BCUT2D eigenvalue weighted by Crippen LogP contribution is 2.18. The van der Waals surface area contributed by atoms with Gasteiger partial charge in [-0.3, -0.25) is 4.79 Å². The Morgan fingerprint density at radius 2 is 2.23 bits per heavy atom. The number of anilines is 1. The number of rotatable bonds is 6. The molecule has 6 nitrogen and oxygen atoms in total. The fourth-order valence-corrected chi connectivity index (χ4v) is 1.94. The highest BCUT2D eigenvalue weighted by Gasteiger charge is 2.12. The predicted molar refractivity (Wildman–Crippen MR) is 82.5 cm³/mol. The first-order chi connectivity index (χ1) is 10.7. The highest BCUT2D eigenvalue weighted by molar-refractivity contribution is 5.91. The van der Waals surface area contributed by atoms with Gasteiger partial charge in [0.15, 0.2) is 6.61 Å². The van der Waals surface area contributed by atoms with Crippen LogP contribution in [0.3, 0.4) is 0 Å². The predicted octanol–water partition coefficient (Wildman–Crippen LogP) is 2.74. The molecule has 114 valence electrons. The first-order valence-electron chi connectivity index (χ1n) is 7.11. The number of hydrogen-bond acceptors (Lipinski definition) is 4. The van der Waals surface area contributed by atoms with Crippen molar-refractivity contribution in [2.75, 3.05) is 11.9 Å². The second-order valence-electron chi connectivity index (χ2n) is 4.86. The lowest BCUT2D eigenvalue weighted by Gasteiger charge is -2.14. The Balaban J connectivity index is 1.97. The Kier molecular flexibility index (Phi) is 5.15. The van der Waals surface area contributed by atoms with Crippen molar-refractivity contribution in [3.63, 3.8) is 0 Å². The number of amides is 1. The summed E-state index contributed by atoms with van der Waals surface area (Å²) in [6.07, 6.45) is 2.56. The molecule has 1 atom stereocenters. The van der Waals surface area contributed by atoms with E-state index in [1.54, 1.807) is 41.2 Å². The van der Waals surface area contributed by atoms with Crippen molar-refractivity contribution in [3.8, 4) is 11.8 Å². The quantitative estimate of drug-likeness (QED) is 0.889. The zero-order valence-electron chi connectivity index (χ0n) is 12.6. The SMILES string of the molecule is CCC(C)n1nccc1NC(=O)COc1ccccc1C#N. The first kappa shape index (κ1) is 15.6. The van der Waals surface area contributed by atoms with Crippen molar-refractivity contribution in [3.05, 3.63) is 42.1 Å². The number of nitrogens with zero attached hydrogens (tertiary/aromatic N) is 3. The Labute approximate surface area is 129 Å². The van der Waals surface area contributed by atoms with Crippen LogP contribution >= 0.6 is 0 Å². The van der Waals surface area contributed by atoms with Gasteiger partial charge in [-0.1, -0.05) is 19.1 Å². The average molecular weight is 298 g/mol. The zero-order chi connectivity index (χ0) is 15.9. The Hall–Kier alpha value is -2.81. The summed E-state index contributed by atoms with van der Waals surface area (Å²) < 4.78 is 7.17. The lowest BCUT2D eigenvalue weighted by molar-refractivity contribution is -0.118. The third-order valence-corrected chi connectivity index (χ3v) is 3.31. The summed E-state index contributed by atoms with van der Waals surface area (Å²) in [4.78, 5) is 12.0. The van der Waals surface area contributed by atoms with Gasteiger partial charge in [0.25, 0.3) is 5.91 Å². The summed E-state index contributed by atoms with van der Waals surface area (Å²) in [5, 5.41) is 15.9. The van der Waals surface area contributed by atoms with E-state index in [2.05, 4.69) is 17.3 Å². The van der Waals surface area contributed by atoms with Gasteiger partial charge in [-0.15, -0.1) is 0 Å². The van der Waals surface area contributed by atoms with Gasteiger partial charge in [0.05, 0.1) is 17.8 Å². The van der Waals surface area contributed by atoms with Gasteiger partial charge in [-0.25, -0.2) is 4.68 Å². The van der Waals surface area contributed by atoms with Crippen LogP contribution in [-0.4, -0.2) is 22.3 Å². The fourth-order valence-electron chi connectivity index (χ4n) is 1.94. The molecule has 1 heterocycles. The molecular formula is C16H18N4O2. The van der Waals surface area contributed by atoms with E-state index >= 15 is 0 Å². The molecule has 1 N–H and O–H groups in total. The Morgan fingerprint density at radius 1 is 1.45 bits per heavy atom. The fraction of sp³-hybridized carbons (Fsp3) is 0.312. The molecule has 0 fully saturated rings. The van der Waals surface area contributed by atoms with Gasteiger partial charge in [0, 0.05) is 6.07 Å². The van der Waals surface area contributed by atoms with Crippen LogP contribution in [0.5, 0.6) is 5.75 Å². The third-order valence-electron chi connectivity index (χ3n) is 3.31. The van der Waals surface area contributed by atoms with Gasteiger partial charge >= 0.3 is 0 Å². The van der Waals surface area contributed by atoms with Crippen molar-refractivity contribution in [1.82, 2.24) is 9.78 Å². The number of benzene rings is 1. The topological polar surface area (TPSA) is 79.9 Å². The normalized spacial score (nSPS) is 11.5. The van der Waals surface area contributed by atoms with Crippen molar-refractivity contribution < 1.29 is 9.53 Å². The number of hydrogen-bond donors (Lipinski definition) is 1. The summed E-state index contributed by atoms with van der Waals surface area (Å²) in [5.41, 5.74) is 0.403. The molecule has 22 heavy (non-hydrogen) atoms. The molecule has 0 aliphatic heterocycles. The van der Waals surface area contributed by atoms with E-state index in [1.807, 2.05) is 13.0 Å². The van der Waals surface area contributed by atoms with Gasteiger partial charge < -0.3 is 10.1 Å². The van der Waals surface area contributed by atoms with E-state index in [0.29, 0.717) is 17.1 Å². The number of nitrogens with one attached hydrogen (secondary N) is 1. The van der Waals surface area contributed by atoms with E-state index in [9.17, 15) is 4.79 Å². The highest BCUT2D eigenvalue weighted by atomic mass is 16.5. The van der Waals surface area contributed by atoms with E-state index in [0.717, 1.165) is 6.42 Å². The lowest BCUT2D eigenvalue weighted by atomic mass is 10.2. The number of carbonyl (C=O) groups excluding carboxylic acids is 1. The van der Waals surface area contributed by atoms with Crippen LogP contribution < -0.4 is 10.1 Å². The molecule has 0 saturated heterocycles. The van der Waals surface area contributed by atoms with Crippen molar-refractivity contribution in [1.29, 1.82) is 5.26 Å². The number of aromatic nitrogens is 2. The largest absolute Gasteiger partial charge is 0.482 e. The van der Waals surface area contributed by atoms with E-state index < -0.39 is 0 Å². The molecule has 0 saturated carbocycles. The summed E-state index contributed by atoms with van der Waals surface area (Å²) in [6, 6.07) is 10.8. The van der Waals surface area contributed by atoms with Crippen LogP contribution in [0.4, 0.5) is 5.82 Å². The second kappa shape index (κ2) is 7.27. The third kappa shape index (κ3) is 3.64. The molecule has 2 rings (SSSR count). The minimum Gasteiger partial charge on any atom is -0.482 e. The first-order valence-corrected chi connectivity index (χ1v) is 7.11. The summed E-state index contributed by atoms with van der Waals surface area (Å²) >= 11 is 0. The number of para-hydroxylation sites is 1. The number of carbonyl (C=O) groups is 1. The van der Waals surface area contributed by atoms with Crippen LogP contribution in [0.25, 0.3) is 0 Å². The van der Waals surface area contributed by atoms with E-state index in [-0.39, 0.29) is 18.6 Å². The molecule has 0 radical (unpaired) electrons. The average Bonchev–Trinajstić information content (AvgIpc) is 3.00. The van der Waals surface area contributed by atoms with Gasteiger partial charge in [-0.2, -0.15) is 10.4 Å². The standard InChI is InChI=1S/C16H18N4O2/c1-3-12(2)20-15(8-9-18-20)19-16(21)11-22-14-7-5-4-6-13(14)10-17/h4-9,12H,3,11H2,1-2H3,(H,19,21). The van der Waals surface area contributed by atoms with Crippen LogP contribution in [0.15, 0.2) is 36.5 Å². The molecule has 2 aromatic rings. The monoisotopic (exact) mass is 298 g/mol. The number of ether oxygens (including phenoxy) is 1. The minimum absolute atomic E-state index is 0.162. The molecule has 6 heteroatoms. The minimum atomic E-state index is -0.294. The van der Waals surface area contributed by atoms with Crippen LogP contribution in [-0.2, 0) is 4.79 Å². The Morgan fingerprint density at radius 3 is 2.95 bits per heavy atom. The summed E-state index contributed by atoms with van der Waals surface area (Å²) in [7, 11) is 0. The maximum atomic E-state index is 12.0. The summed E-state index contributed by atoms with van der Waals surface area (Å²) in [6.45, 7) is 3.92. The maximum Gasteiger partial charge on any atom is 0.263 e. The molecule has 0 aliphatic rings. The van der Waals surface area contributed by atoms with E-state index in [4.69, 9.17) is 10.00 Å². The molecule has 0 bridgehead atoms. The van der Waals surface area contributed by atoms with Crippen LogP contribution in [0, 0.1) is 11.3 Å². The molecule has 1 aromatic carbocycles. The molecule has 1 amide bonds. The van der Waals surface area contributed by atoms with Gasteiger partial charge in [0.2, 0.25) is 0 Å². The van der Waals surface area contributed by atoms with E-state index in [1.165, 1.54) is 0 Å². The molecular weight excluding hydrogens is 280 g/mol. The summed E-state index contributed by atoms with van der Waals surface area (Å²) in [5.74, 6) is 0.741. The smallest absolute Gasteiger partial charge is 0.263 e. The molecule has 0 spiro atoms. The van der Waals surface area contributed by atoms with Crippen molar-refractivity contribution in [2.24, 2.45) is 0 Å². The Bertz CT molecular complexity index is 687. The number of nitriles is 1.